The van der Waals surface area contributed by atoms with Crippen LogP contribution in [0.2, 0.25) is 0 Å². The smallest absolute Gasteiger partial charge is 0.320 e. The van der Waals surface area contributed by atoms with Crippen molar-refractivity contribution in [2.75, 3.05) is 32.4 Å². The van der Waals surface area contributed by atoms with E-state index in [4.69, 9.17) is 5.11 Å². The second-order valence-corrected chi connectivity index (χ2v) is 8.07. The number of likely N-dealkylation sites (tertiary alicyclic amines) is 1. The number of amides is 1. The molecule has 0 aliphatic carbocycles. The highest BCUT2D eigenvalue weighted by molar-refractivity contribution is 7.88. The van der Waals surface area contributed by atoms with Crippen molar-refractivity contribution in [1.29, 1.82) is 0 Å². The minimum absolute atomic E-state index is 0.0664. The average Bonchev–Trinajstić information content (AvgIpc) is 2.84. The molecule has 0 spiro atoms. The molecule has 0 bridgehead atoms. The molecule has 23 heavy (non-hydrogen) atoms. The first-order valence-electron chi connectivity index (χ1n) is 7.83. The van der Waals surface area contributed by atoms with Crippen molar-refractivity contribution in [1.82, 2.24) is 14.5 Å². The van der Waals surface area contributed by atoms with Crippen LogP contribution in [0.3, 0.4) is 0 Å². The van der Waals surface area contributed by atoms with E-state index >= 15 is 0 Å². The van der Waals surface area contributed by atoms with Crippen LogP contribution in [-0.4, -0.2) is 79.1 Å². The number of nitrogens with one attached hydrogen (secondary N) is 1. The molecule has 1 atom stereocenters. The van der Waals surface area contributed by atoms with Crippen LogP contribution in [0.1, 0.15) is 33.1 Å². The fourth-order valence-electron chi connectivity index (χ4n) is 2.81. The van der Waals surface area contributed by atoms with Gasteiger partial charge in [0.25, 0.3) is 0 Å². The number of rotatable bonds is 9. The molecule has 0 aromatic heterocycles. The van der Waals surface area contributed by atoms with Crippen molar-refractivity contribution in [3.8, 4) is 0 Å². The van der Waals surface area contributed by atoms with Crippen molar-refractivity contribution in [2.45, 2.75) is 45.2 Å². The highest BCUT2D eigenvalue weighted by atomic mass is 32.2. The maximum absolute atomic E-state index is 11.9. The van der Waals surface area contributed by atoms with Crippen LogP contribution in [0.15, 0.2) is 0 Å². The molecule has 1 fully saturated rings. The average molecular weight is 349 g/mol. The van der Waals surface area contributed by atoms with Gasteiger partial charge in [-0.1, -0.05) is 0 Å². The van der Waals surface area contributed by atoms with Crippen molar-refractivity contribution >= 4 is 21.9 Å². The summed E-state index contributed by atoms with van der Waals surface area (Å²) in [4.78, 5) is 24.6. The van der Waals surface area contributed by atoms with Gasteiger partial charge in [-0.2, -0.15) is 4.31 Å². The van der Waals surface area contributed by atoms with Crippen LogP contribution < -0.4 is 5.32 Å². The first kappa shape index (κ1) is 19.9. The SMILES string of the molecule is CC(C)N(CCCNC(=O)CN1CCCC1C(=O)O)S(C)(=O)=O. The molecule has 1 unspecified atom stereocenters. The molecule has 0 aromatic carbocycles. The lowest BCUT2D eigenvalue weighted by Gasteiger charge is -2.24. The van der Waals surface area contributed by atoms with E-state index in [9.17, 15) is 18.0 Å². The molecular weight excluding hydrogens is 322 g/mol. The Morgan fingerprint density at radius 2 is 2.04 bits per heavy atom. The Morgan fingerprint density at radius 1 is 1.39 bits per heavy atom. The van der Waals surface area contributed by atoms with Crippen molar-refractivity contribution in [3.05, 3.63) is 0 Å². The third kappa shape index (κ3) is 6.44. The lowest BCUT2D eigenvalue weighted by molar-refractivity contribution is -0.142. The fraction of sp³-hybridized carbons (Fsp3) is 0.857. The van der Waals surface area contributed by atoms with Gasteiger partial charge in [0, 0.05) is 19.1 Å². The molecule has 8 nitrogen and oxygen atoms in total. The molecule has 2 N–H and O–H groups in total. The van der Waals surface area contributed by atoms with Crippen LogP contribution in [-0.2, 0) is 19.6 Å². The van der Waals surface area contributed by atoms with E-state index in [1.807, 2.05) is 0 Å². The quantitative estimate of drug-likeness (QED) is 0.554. The Morgan fingerprint density at radius 3 is 2.57 bits per heavy atom. The van der Waals surface area contributed by atoms with Gasteiger partial charge in [-0.15, -0.1) is 0 Å². The molecule has 9 heteroatoms. The zero-order chi connectivity index (χ0) is 17.6. The Kier molecular flexibility index (Phi) is 7.43. The number of nitrogens with zero attached hydrogens (tertiary/aromatic N) is 2. The Hall–Kier alpha value is -1.19. The maximum atomic E-state index is 11.9. The van der Waals surface area contributed by atoms with Crippen LogP contribution in [0, 0.1) is 0 Å². The minimum Gasteiger partial charge on any atom is -0.480 e. The summed E-state index contributed by atoms with van der Waals surface area (Å²) in [5.74, 6) is -1.12. The number of aliphatic carboxylic acids is 1. The normalized spacial score (nSPS) is 19.4. The minimum atomic E-state index is -3.25. The first-order chi connectivity index (χ1) is 10.6. The van der Waals surface area contributed by atoms with Crippen molar-refractivity contribution in [2.24, 2.45) is 0 Å². The lowest BCUT2D eigenvalue weighted by atomic mass is 10.2. The number of carbonyl (C=O) groups excluding carboxylic acids is 1. The van der Waals surface area contributed by atoms with Crippen LogP contribution in [0.5, 0.6) is 0 Å². The summed E-state index contributed by atoms with van der Waals surface area (Å²) in [6.07, 6.45) is 3.03. The van der Waals surface area contributed by atoms with Gasteiger partial charge in [0.2, 0.25) is 15.9 Å². The second kappa shape index (κ2) is 8.60. The number of sulfonamides is 1. The van der Waals surface area contributed by atoms with Gasteiger partial charge < -0.3 is 10.4 Å². The zero-order valence-corrected chi connectivity index (χ0v) is 14.8. The van der Waals surface area contributed by atoms with Gasteiger partial charge in [0.15, 0.2) is 0 Å². The first-order valence-corrected chi connectivity index (χ1v) is 9.68. The fourth-order valence-corrected chi connectivity index (χ4v) is 4.03. The number of carbonyl (C=O) groups is 2. The Bertz CT molecular complexity index is 521. The summed E-state index contributed by atoms with van der Waals surface area (Å²) in [5.41, 5.74) is 0. The topological polar surface area (TPSA) is 107 Å². The van der Waals surface area contributed by atoms with E-state index in [-0.39, 0.29) is 18.5 Å². The standard InChI is InChI=1S/C14H27N3O5S/c1-11(2)17(23(3,21)22)9-5-7-15-13(18)10-16-8-4-6-12(16)14(19)20/h11-12H,4-10H2,1-3H3,(H,15,18)(H,19,20). The summed E-state index contributed by atoms with van der Waals surface area (Å²) >= 11 is 0. The number of hydrogen-bond donors (Lipinski definition) is 2. The molecule has 1 saturated heterocycles. The largest absolute Gasteiger partial charge is 0.480 e. The predicted octanol–water partition coefficient (Wildman–Crippen LogP) is -0.288. The molecule has 1 aliphatic heterocycles. The summed E-state index contributed by atoms with van der Waals surface area (Å²) in [5, 5.41) is 11.8. The molecule has 0 saturated carbocycles. The summed E-state index contributed by atoms with van der Waals surface area (Å²) < 4.78 is 24.6. The highest BCUT2D eigenvalue weighted by Gasteiger charge is 2.31. The zero-order valence-electron chi connectivity index (χ0n) is 14.0. The lowest BCUT2D eigenvalue weighted by Crippen LogP contribution is -2.43. The highest BCUT2D eigenvalue weighted by Crippen LogP contribution is 2.16. The van der Waals surface area contributed by atoms with Crippen LogP contribution in [0.25, 0.3) is 0 Å². The Labute approximate surface area is 137 Å². The van der Waals surface area contributed by atoms with E-state index < -0.39 is 22.0 Å². The summed E-state index contributed by atoms with van der Waals surface area (Å²) in [6.45, 7) is 5.00. The molecule has 0 radical (unpaired) electrons. The van der Waals surface area contributed by atoms with E-state index in [1.54, 1.807) is 18.7 Å². The third-order valence-electron chi connectivity index (χ3n) is 3.87. The molecule has 1 rings (SSSR count). The van der Waals surface area contributed by atoms with Crippen molar-refractivity contribution < 1.29 is 23.1 Å². The molecule has 0 aromatic rings. The number of carboxylic acids is 1. The summed E-state index contributed by atoms with van der Waals surface area (Å²) in [7, 11) is -3.25. The van der Waals surface area contributed by atoms with Crippen LogP contribution >= 0.6 is 0 Å². The third-order valence-corrected chi connectivity index (χ3v) is 5.33. The van der Waals surface area contributed by atoms with E-state index in [0.717, 1.165) is 6.42 Å². The molecule has 1 aliphatic rings. The molecule has 134 valence electrons. The number of hydrogen-bond acceptors (Lipinski definition) is 5. The van der Waals surface area contributed by atoms with Crippen LogP contribution in [0.4, 0.5) is 0 Å². The monoisotopic (exact) mass is 349 g/mol. The number of carboxylic acid groups (broad SMARTS) is 1. The van der Waals surface area contributed by atoms with E-state index in [0.29, 0.717) is 32.5 Å². The molecular formula is C14H27N3O5S. The van der Waals surface area contributed by atoms with Crippen molar-refractivity contribution in [3.63, 3.8) is 0 Å². The summed E-state index contributed by atoms with van der Waals surface area (Å²) in [6, 6.07) is -0.705. The maximum Gasteiger partial charge on any atom is 0.320 e. The second-order valence-electron chi connectivity index (χ2n) is 6.14. The molecule has 1 heterocycles. The van der Waals surface area contributed by atoms with Gasteiger partial charge in [0.1, 0.15) is 6.04 Å². The van der Waals surface area contributed by atoms with E-state index in [2.05, 4.69) is 5.32 Å². The van der Waals surface area contributed by atoms with Gasteiger partial charge >= 0.3 is 5.97 Å². The van der Waals surface area contributed by atoms with E-state index in [1.165, 1.54) is 10.6 Å². The predicted molar refractivity (Wildman–Crippen MR) is 86.5 cm³/mol. The van der Waals surface area contributed by atoms with Gasteiger partial charge in [-0.3, -0.25) is 14.5 Å². The molecule has 1 amide bonds. The van der Waals surface area contributed by atoms with Gasteiger partial charge in [-0.05, 0) is 39.7 Å². The van der Waals surface area contributed by atoms with Gasteiger partial charge in [0.05, 0.1) is 12.8 Å². The Balaban J connectivity index is 2.33. The van der Waals surface area contributed by atoms with Gasteiger partial charge in [-0.25, -0.2) is 8.42 Å².